The van der Waals surface area contributed by atoms with Crippen LogP contribution in [0, 0.1) is 5.82 Å². The second-order valence-electron chi connectivity index (χ2n) is 4.51. The van der Waals surface area contributed by atoms with Gasteiger partial charge in [-0.3, -0.25) is 0 Å². The molecule has 0 unspecified atom stereocenters. The van der Waals surface area contributed by atoms with Crippen molar-refractivity contribution in [3.63, 3.8) is 0 Å². The standard InChI is InChI=1S/C14H8F4N4/c1-19-12-3-7(14(16,17)18)2-11(22-12)10-6-21-13-9(10)4-8(15)5-20-13/h2-6H,1H2,(H,20,21). The quantitative estimate of drug-likeness (QED) is 0.572. The van der Waals surface area contributed by atoms with Crippen molar-refractivity contribution < 1.29 is 17.6 Å². The first-order valence-corrected chi connectivity index (χ1v) is 6.07. The van der Waals surface area contributed by atoms with E-state index < -0.39 is 17.6 Å². The molecule has 0 spiro atoms. The third-order valence-corrected chi connectivity index (χ3v) is 3.07. The van der Waals surface area contributed by atoms with Crippen LogP contribution in [0.5, 0.6) is 0 Å². The zero-order valence-electron chi connectivity index (χ0n) is 10.9. The van der Waals surface area contributed by atoms with Crippen LogP contribution in [-0.2, 0) is 6.18 Å². The lowest BCUT2D eigenvalue weighted by Crippen LogP contribution is -2.05. The third-order valence-electron chi connectivity index (χ3n) is 3.07. The van der Waals surface area contributed by atoms with Crippen LogP contribution < -0.4 is 0 Å². The van der Waals surface area contributed by atoms with Gasteiger partial charge in [-0.1, -0.05) is 0 Å². The second kappa shape index (κ2) is 4.90. The Kier molecular flexibility index (Phi) is 3.16. The summed E-state index contributed by atoms with van der Waals surface area (Å²) in [6.45, 7) is 3.19. The Hall–Kier alpha value is -2.77. The number of aliphatic imine (C=N–C) groups is 1. The normalized spacial score (nSPS) is 11.8. The summed E-state index contributed by atoms with van der Waals surface area (Å²) < 4.78 is 52.1. The van der Waals surface area contributed by atoms with Crippen molar-refractivity contribution in [2.45, 2.75) is 6.18 Å². The zero-order chi connectivity index (χ0) is 15.9. The molecule has 3 rings (SSSR count). The number of aromatic amines is 1. The van der Waals surface area contributed by atoms with E-state index in [1.807, 2.05) is 0 Å². The predicted octanol–water partition coefficient (Wildman–Crippen LogP) is 4.11. The molecular weight excluding hydrogens is 300 g/mol. The average Bonchev–Trinajstić information content (AvgIpc) is 2.88. The number of alkyl halides is 3. The first kappa shape index (κ1) is 14.2. The third kappa shape index (κ3) is 2.43. The molecule has 0 aliphatic heterocycles. The van der Waals surface area contributed by atoms with Gasteiger partial charge in [0.25, 0.3) is 0 Å². The minimum atomic E-state index is -4.55. The van der Waals surface area contributed by atoms with E-state index in [0.29, 0.717) is 16.6 Å². The summed E-state index contributed by atoms with van der Waals surface area (Å²) >= 11 is 0. The van der Waals surface area contributed by atoms with E-state index in [9.17, 15) is 17.6 Å². The highest BCUT2D eigenvalue weighted by Crippen LogP contribution is 2.35. The Morgan fingerprint density at radius 1 is 1.18 bits per heavy atom. The molecule has 1 N–H and O–H groups in total. The van der Waals surface area contributed by atoms with E-state index in [2.05, 4.69) is 26.7 Å². The van der Waals surface area contributed by atoms with Crippen molar-refractivity contribution in [3.05, 3.63) is 42.0 Å². The predicted molar refractivity (Wildman–Crippen MR) is 73.5 cm³/mol. The smallest absolute Gasteiger partial charge is 0.345 e. The van der Waals surface area contributed by atoms with Gasteiger partial charge in [-0.05, 0) is 24.9 Å². The lowest BCUT2D eigenvalue weighted by atomic mass is 10.1. The molecule has 112 valence electrons. The van der Waals surface area contributed by atoms with Crippen LogP contribution in [0.15, 0.2) is 35.6 Å². The average molecular weight is 308 g/mol. The van der Waals surface area contributed by atoms with Gasteiger partial charge in [0, 0.05) is 17.1 Å². The fourth-order valence-corrected chi connectivity index (χ4v) is 2.09. The molecule has 0 atom stereocenters. The second-order valence-corrected chi connectivity index (χ2v) is 4.51. The minimum Gasteiger partial charge on any atom is -0.345 e. The lowest BCUT2D eigenvalue weighted by Gasteiger charge is -2.09. The highest BCUT2D eigenvalue weighted by Gasteiger charge is 2.32. The first-order valence-electron chi connectivity index (χ1n) is 6.07. The van der Waals surface area contributed by atoms with Gasteiger partial charge in [-0.25, -0.2) is 19.4 Å². The summed E-state index contributed by atoms with van der Waals surface area (Å²) in [7, 11) is 0. The summed E-state index contributed by atoms with van der Waals surface area (Å²) in [6, 6.07) is 2.85. The summed E-state index contributed by atoms with van der Waals surface area (Å²) in [5.41, 5.74) is -0.240. The fourth-order valence-electron chi connectivity index (χ4n) is 2.09. The number of H-pyrrole nitrogens is 1. The van der Waals surface area contributed by atoms with E-state index in [1.165, 1.54) is 12.3 Å². The fraction of sp³-hybridized carbons (Fsp3) is 0.0714. The molecule has 3 aromatic rings. The van der Waals surface area contributed by atoms with Gasteiger partial charge in [0.15, 0.2) is 5.82 Å². The monoisotopic (exact) mass is 308 g/mol. The summed E-state index contributed by atoms with van der Waals surface area (Å²) in [5.74, 6) is -0.758. The van der Waals surface area contributed by atoms with Crippen LogP contribution in [0.25, 0.3) is 22.3 Å². The van der Waals surface area contributed by atoms with Gasteiger partial charge >= 0.3 is 6.18 Å². The Morgan fingerprint density at radius 3 is 2.64 bits per heavy atom. The topological polar surface area (TPSA) is 53.9 Å². The van der Waals surface area contributed by atoms with Crippen molar-refractivity contribution in [3.8, 4) is 11.3 Å². The van der Waals surface area contributed by atoms with Gasteiger partial charge in [-0.2, -0.15) is 13.2 Å². The molecule has 8 heteroatoms. The van der Waals surface area contributed by atoms with Crippen molar-refractivity contribution >= 4 is 23.6 Å². The lowest BCUT2D eigenvalue weighted by molar-refractivity contribution is -0.137. The van der Waals surface area contributed by atoms with E-state index in [1.54, 1.807) is 0 Å². The molecule has 4 nitrogen and oxygen atoms in total. The van der Waals surface area contributed by atoms with Crippen molar-refractivity contribution in [2.75, 3.05) is 0 Å². The molecule has 0 amide bonds. The molecule has 0 aromatic carbocycles. The number of hydrogen-bond donors (Lipinski definition) is 1. The molecular formula is C14H8F4N4. The maximum absolute atomic E-state index is 13.3. The number of nitrogens with zero attached hydrogens (tertiary/aromatic N) is 3. The zero-order valence-corrected chi connectivity index (χ0v) is 10.9. The molecule has 0 radical (unpaired) electrons. The summed E-state index contributed by atoms with van der Waals surface area (Å²) in [5, 5.41) is 0.335. The molecule has 0 fully saturated rings. The van der Waals surface area contributed by atoms with Crippen LogP contribution in [0.1, 0.15) is 5.56 Å². The molecule has 0 aliphatic carbocycles. The minimum absolute atomic E-state index is 0.0101. The SMILES string of the molecule is C=Nc1cc(C(F)(F)F)cc(-c2c[nH]c3ncc(F)cc23)n1. The van der Waals surface area contributed by atoms with E-state index >= 15 is 0 Å². The summed E-state index contributed by atoms with van der Waals surface area (Å²) in [6.07, 6.45) is -2.11. The van der Waals surface area contributed by atoms with Gasteiger partial charge in [-0.15, -0.1) is 0 Å². The maximum Gasteiger partial charge on any atom is 0.416 e. The number of aromatic nitrogens is 3. The van der Waals surface area contributed by atoms with Crippen LogP contribution in [-0.4, -0.2) is 21.7 Å². The van der Waals surface area contributed by atoms with Crippen molar-refractivity contribution in [2.24, 2.45) is 4.99 Å². The number of halogens is 4. The molecule has 3 heterocycles. The number of nitrogens with one attached hydrogen (secondary N) is 1. The Bertz CT molecular complexity index is 867. The molecule has 0 bridgehead atoms. The number of rotatable bonds is 2. The number of hydrogen-bond acceptors (Lipinski definition) is 3. The van der Waals surface area contributed by atoms with Gasteiger partial charge < -0.3 is 4.98 Å². The van der Waals surface area contributed by atoms with Crippen LogP contribution in [0.4, 0.5) is 23.4 Å². The van der Waals surface area contributed by atoms with E-state index in [-0.39, 0.29) is 11.5 Å². The largest absolute Gasteiger partial charge is 0.416 e. The van der Waals surface area contributed by atoms with Gasteiger partial charge in [0.2, 0.25) is 0 Å². The van der Waals surface area contributed by atoms with Crippen molar-refractivity contribution in [1.82, 2.24) is 15.0 Å². The van der Waals surface area contributed by atoms with Crippen LogP contribution in [0.2, 0.25) is 0 Å². The van der Waals surface area contributed by atoms with Gasteiger partial charge in [0.1, 0.15) is 11.5 Å². The molecule has 0 saturated heterocycles. The van der Waals surface area contributed by atoms with Crippen molar-refractivity contribution in [1.29, 1.82) is 0 Å². The summed E-state index contributed by atoms with van der Waals surface area (Å²) in [4.78, 5) is 14.0. The highest BCUT2D eigenvalue weighted by molar-refractivity contribution is 5.92. The molecule has 0 aliphatic rings. The molecule has 22 heavy (non-hydrogen) atoms. The van der Waals surface area contributed by atoms with Gasteiger partial charge in [0.05, 0.1) is 17.5 Å². The van der Waals surface area contributed by atoms with E-state index in [4.69, 9.17) is 0 Å². The highest BCUT2D eigenvalue weighted by atomic mass is 19.4. The first-order chi connectivity index (χ1) is 10.4. The number of fused-ring (bicyclic) bond motifs is 1. The number of pyridine rings is 2. The van der Waals surface area contributed by atoms with Crippen LogP contribution in [0.3, 0.4) is 0 Å². The van der Waals surface area contributed by atoms with E-state index in [0.717, 1.165) is 18.3 Å². The Labute approximate surface area is 121 Å². The molecule has 0 saturated carbocycles. The van der Waals surface area contributed by atoms with Crippen LogP contribution >= 0.6 is 0 Å². The molecule has 3 aromatic heterocycles. The Morgan fingerprint density at radius 2 is 1.95 bits per heavy atom. The Balaban J connectivity index is 2.26. The maximum atomic E-state index is 13.3.